The van der Waals surface area contributed by atoms with E-state index >= 15 is 0 Å². The van der Waals surface area contributed by atoms with Crippen molar-refractivity contribution in [2.45, 2.75) is 38.3 Å². The third-order valence-corrected chi connectivity index (χ3v) is 3.53. The normalized spacial score (nSPS) is 21.7. The van der Waals surface area contributed by atoms with Crippen LogP contribution in [0, 0.1) is 0 Å². The molecular formula is C13H19NO4. The number of aliphatic hydroxyl groups is 1. The molecule has 1 unspecified atom stereocenters. The number of aliphatic hydroxyl groups excluding tert-OH is 1. The van der Waals surface area contributed by atoms with Crippen molar-refractivity contribution in [3.8, 4) is 0 Å². The van der Waals surface area contributed by atoms with Crippen molar-refractivity contribution in [2.24, 2.45) is 0 Å². The van der Waals surface area contributed by atoms with E-state index in [9.17, 15) is 9.90 Å². The van der Waals surface area contributed by atoms with Crippen molar-refractivity contribution in [3.05, 3.63) is 23.7 Å². The molecule has 1 aromatic heterocycles. The molecule has 2 heterocycles. The molecule has 5 nitrogen and oxygen atoms in total. The summed E-state index contributed by atoms with van der Waals surface area (Å²) in [6.45, 7) is 1.45. The fourth-order valence-electron chi connectivity index (χ4n) is 2.49. The van der Waals surface area contributed by atoms with Gasteiger partial charge in [-0.05, 0) is 25.5 Å². The van der Waals surface area contributed by atoms with E-state index in [4.69, 9.17) is 9.52 Å². The summed E-state index contributed by atoms with van der Waals surface area (Å²) in [6, 6.07) is 1.59. The standard InChI is InChI=1S/C13H19NO4/c15-9-10-4-2-1-3-6-14(10)8-12-11(13(16)17)5-7-18-12/h5,7,10,15H,1-4,6,8-9H2,(H,16,17). The van der Waals surface area contributed by atoms with Crippen LogP contribution in [0.25, 0.3) is 0 Å². The summed E-state index contributed by atoms with van der Waals surface area (Å²) < 4.78 is 5.26. The summed E-state index contributed by atoms with van der Waals surface area (Å²) in [5, 5.41) is 18.4. The molecule has 0 spiro atoms. The van der Waals surface area contributed by atoms with Gasteiger partial charge in [0.05, 0.1) is 19.4 Å². The Bertz CT molecular complexity index is 401. The molecule has 5 heteroatoms. The second-order valence-corrected chi connectivity index (χ2v) is 4.72. The number of furan rings is 1. The average Bonchev–Trinajstić information content (AvgIpc) is 2.69. The third-order valence-electron chi connectivity index (χ3n) is 3.53. The Morgan fingerprint density at radius 2 is 2.28 bits per heavy atom. The summed E-state index contributed by atoms with van der Waals surface area (Å²) in [7, 11) is 0. The minimum Gasteiger partial charge on any atom is -0.478 e. The maximum atomic E-state index is 11.0. The van der Waals surface area contributed by atoms with E-state index in [0.29, 0.717) is 12.3 Å². The molecular weight excluding hydrogens is 234 g/mol. The Labute approximate surface area is 106 Å². The molecule has 0 bridgehead atoms. The topological polar surface area (TPSA) is 73.9 Å². The predicted octanol–water partition coefficient (Wildman–Crippen LogP) is 1.71. The average molecular weight is 253 g/mol. The molecule has 0 saturated carbocycles. The highest BCUT2D eigenvalue weighted by atomic mass is 16.4. The molecule has 18 heavy (non-hydrogen) atoms. The first-order chi connectivity index (χ1) is 8.72. The Hall–Kier alpha value is -1.33. The molecule has 1 aromatic rings. The lowest BCUT2D eigenvalue weighted by Crippen LogP contribution is -2.37. The van der Waals surface area contributed by atoms with Crippen LogP contribution in [0.1, 0.15) is 41.8 Å². The van der Waals surface area contributed by atoms with E-state index in [1.165, 1.54) is 12.3 Å². The lowest BCUT2D eigenvalue weighted by Gasteiger charge is -2.27. The van der Waals surface area contributed by atoms with E-state index in [1.54, 1.807) is 0 Å². The van der Waals surface area contributed by atoms with E-state index in [-0.39, 0.29) is 18.2 Å². The molecule has 0 radical (unpaired) electrons. The molecule has 1 fully saturated rings. The van der Waals surface area contributed by atoms with Crippen molar-refractivity contribution < 1.29 is 19.4 Å². The van der Waals surface area contributed by atoms with Crippen LogP contribution in [-0.2, 0) is 6.54 Å². The molecule has 2 N–H and O–H groups in total. The van der Waals surface area contributed by atoms with Gasteiger partial charge in [0.1, 0.15) is 11.3 Å². The van der Waals surface area contributed by atoms with Crippen molar-refractivity contribution in [1.29, 1.82) is 0 Å². The lowest BCUT2D eigenvalue weighted by molar-refractivity contribution is 0.0688. The van der Waals surface area contributed by atoms with Gasteiger partial charge in [0.2, 0.25) is 0 Å². The van der Waals surface area contributed by atoms with Crippen LogP contribution in [-0.4, -0.2) is 40.3 Å². The van der Waals surface area contributed by atoms with Crippen molar-refractivity contribution in [2.75, 3.05) is 13.2 Å². The summed E-state index contributed by atoms with van der Waals surface area (Å²) in [6.07, 6.45) is 5.73. The Balaban J connectivity index is 2.10. The first kappa shape index (κ1) is 13.1. The highest BCUT2D eigenvalue weighted by molar-refractivity contribution is 5.88. The van der Waals surface area contributed by atoms with Gasteiger partial charge in [-0.1, -0.05) is 12.8 Å². The number of carbonyl (C=O) groups is 1. The fraction of sp³-hybridized carbons (Fsp3) is 0.615. The largest absolute Gasteiger partial charge is 0.478 e. The number of nitrogens with zero attached hydrogens (tertiary/aromatic N) is 1. The first-order valence-electron chi connectivity index (χ1n) is 6.37. The smallest absolute Gasteiger partial charge is 0.339 e. The van der Waals surface area contributed by atoms with Crippen LogP contribution in [0.3, 0.4) is 0 Å². The number of hydrogen-bond acceptors (Lipinski definition) is 4. The van der Waals surface area contributed by atoms with Crippen LogP contribution >= 0.6 is 0 Å². The van der Waals surface area contributed by atoms with Gasteiger partial charge in [-0.3, -0.25) is 4.90 Å². The van der Waals surface area contributed by atoms with Crippen molar-refractivity contribution in [3.63, 3.8) is 0 Å². The van der Waals surface area contributed by atoms with Gasteiger partial charge in [-0.2, -0.15) is 0 Å². The highest BCUT2D eigenvalue weighted by Gasteiger charge is 2.23. The zero-order valence-corrected chi connectivity index (χ0v) is 10.3. The fourth-order valence-corrected chi connectivity index (χ4v) is 2.49. The molecule has 100 valence electrons. The summed E-state index contributed by atoms with van der Waals surface area (Å²) in [5.74, 6) is -0.489. The van der Waals surface area contributed by atoms with Crippen molar-refractivity contribution >= 4 is 5.97 Å². The van der Waals surface area contributed by atoms with E-state index in [1.807, 2.05) is 0 Å². The van der Waals surface area contributed by atoms with Crippen LogP contribution in [0.5, 0.6) is 0 Å². The second kappa shape index (κ2) is 6.02. The van der Waals surface area contributed by atoms with Crippen LogP contribution in [0.4, 0.5) is 0 Å². The highest BCUT2D eigenvalue weighted by Crippen LogP contribution is 2.21. The number of aromatic carboxylic acids is 1. The second-order valence-electron chi connectivity index (χ2n) is 4.72. The zero-order valence-electron chi connectivity index (χ0n) is 10.3. The first-order valence-corrected chi connectivity index (χ1v) is 6.37. The quantitative estimate of drug-likeness (QED) is 0.854. The number of rotatable bonds is 4. The third kappa shape index (κ3) is 2.91. The Morgan fingerprint density at radius 3 is 3.00 bits per heavy atom. The maximum absolute atomic E-state index is 11.0. The van der Waals surface area contributed by atoms with Gasteiger partial charge >= 0.3 is 5.97 Å². The summed E-state index contributed by atoms with van der Waals surface area (Å²) in [5.41, 5.74) is 0.218. The minimum atomic E-state index is -0.964. The number of hydrogen-bond donors (Lipinski definition) is 2. The summed E-state index contributed by atoms with van der Waals surface area (Å²) in [4.78, 5) is 13.1. The van der Waals surface area contributed by atoms with E-state index in [0.717, 1.165) is 32.2 Å². The van der Waals surface area contributed by atoms with Gasteiger partial charge in [-0.25, -0.2) is 4.79 Å². The van der Waals surface area contributed by atoms with Crippen LogP contribution in [0.15, 0.2) is 16.7 Å². The minimum absolute atomic E-state index is 0.110. The monoisotopic (exact) mass is 253 g/mol. The Kier molecular flexibility index (Phi) is 4.38. The SMILES string of the molecule is O=C(O)c1ccoc1CN1CCCCCC1CO. The van der Waals surface area contributed by atoms with Gasteiger partial charge in [0.25, 0.3) is 0 Å². The molecule has 0 aliphatic carbocycles. The van der Waals surface area contributed by atoms with E-state index in [2.05, 4.69) is 4.90 Å². The molecule has 1 aliphatic rings. The molecule has 1 saturated heterocycles. The number of carboxylic acid groups (broad SMARTS) is 1. The Morgan fingerprint density at radius 1 is 1.44 bits per heavy atom. The van der Waals surface area contributed by atoms with Crippen LogP contribution in [0.2, 0.25) is 0 Å². The van der Waals surface area contributed by atoms with Gasteiger partial charge in [0, 0.05) is 6.04 Å². The van der Waals surface area contributed by atoms with Gasteiger partial charge in [-0.15, -0.1) is 0 Å². The molecule has 0 amide bonds. The van der Waals surface area contributed by atoms with Crippen molar-refractivity contribution in [1.82, 2.24) is 4.90 Å². The van der Waals surface area contributed by atoms with E-state index < -0.39 is 5.97 Å². The lowest BCUT2D eigenvalue weighted by atomic mass is 10.1. The molecule has 1 aliphatic heterocycles. The predicted molar refractivity (Wildman–Crippen MR) is 65.4 cm³/mol. The zero-order chi connectivity index (χ0) is 13.0. The number of likely N-dealkylation sites (tertiary alicyclic amines) is 1. The van der Waals surface area contributed by atoms with Gasteiger partial charge < -0.3 is 14.6 Å². The van der Waals surface area contributed by atoms with Crippen LogP contribution < -0.4 is 0 Å². The molecule has 1 atom stereocenters. The maximum Gasteiger partial charge on any atom is 0.339 e. The molecule has 2 rings (SSSR count). The number of carboxylic acids is 1. The van der Waals surface area contributed by atoms with Gasteiger partial charge in [0.15, 0.2) is 0 Å². The summed E-state index contributed by atoms with van der Waals surface area (Å²) >= 11 is 0. The molecule has 0 aromatic carbocycles.